The molecule has 266 valence electrons. The Morgan fingerprint density at radius 3 is 2.31 bits per heavy atom. The molecule has 0 saturated heterocycles. The number of halogens is 4. The lowest BCUT2D eigenvalue weighted by Crippen LogP contribution is -2.25. The lowest BCUT2D eigenvalue weighted by atomic mass is 9.84. The Balaban J connectivity index is 0.00000589. The van der Waals surface area contributed by atoms with Gasteiger partial charge in [0.2, 0.25) is 0 Å². The van der Waals surface area contributed by atoms with Crippen LogP contribution in [0.1, 0.15) is 96.4 Å². The van der Waals surface area contributed by atoms with Gasteiger partial charge in [0.25, 0.3) is 0 Å². The van der Waals surface area contributed by atoms with E-state index < -0.39 is 11.7 Å². The van der Waals surface area contributed by atoms with E-state index in [1.54, 1.807) is 37.3 Å². The molecule has 0 aromatic heterocycles. The summed E-state index contributed by atoms with van der Waals surface area (Å²) in [6, 6.07) is 10.8. The smallest absolute Gasteiger partial charge is 0.417 e. The van der Waals surface area contributed by atoms with Gasteiger partial charge in [-0.1, -0.05) is 102 Å². The van der Waals surface area contributed by atoms with Gasteiger partial charge in [-0.15, -0.1) is 0 Å². The summed E-state index contributed by atoms with van der Waals surface area (Å²) < 4.78 is 62.3. The van der Waals surface area contributed by atoms with Crippen molar-refractivity contribution in [3.05, 3.63) is 125 Å². The highest BCUT2D eigenvalue weighted by Gasteiger charge is 2.34. The minimum absolute atomic E-state index is 0.00560. The number of rotatable bonds is 17. The van der Waals surface area contributed by atoms with Crippen LogP contribution in [0.3, 0.4) is 0 Å². The number of thiocarbonyl (C=S) groups is 1. The molecular formula is C41H52F4N2OS. The van der Waals surface area contributed by atoms with Gasteiger partial charge in [0.15, 0.2) is 5.05 Å². The van der Waals surface area contributed by atoms with Crippen LogP contribution >= 0.6 is 12.2 Å². The van der Waals surface area contributed by atoms with Crippen LogP contribution in [-0.2, 0) is 17.3 Å². The molecule has 0 N–H and O–H groups in total. The summed E-state index contributed by atoms with van der Waals surface area (Å²) in [6.45, 7) is 25.5. The summed E-state index contributed by atoms with van der Waals surface area (Å²) in [5.74, 6) is -0.775. The maximum absolute atomic E-state index is 14.4. The van der Waals surface area contributed by atoms with Crippen LogP contribution in [0.2, 0.25) is 0 Å². The first-order valence-corrected chi connectivity index (χ1v) is 17.3. The zero-order chi connectivity index (χ0) is 37.1. The summed E-state index contributed by atoms with van der Waals surface area (Å²) >= 11 is 5.68. The number of benzene rings is 2. The van der Waals surface area contributed by atoms with Gasteiger partial charge in [-0.2, -0.15) is 13.2 Å². The molecule has 8 heteroatoms. The number of aryl methyl sites for hydroxylation is 1. The van der Waals surface area contributed by atoms with E-state index in [4.69, 9.17) is 17.0 Å². The average molecular weight is 697 g/mol. The normalized spacial score (nSPS) is 13.7. The molecule has 0 aliphatic heterocycles. The SMILES string of the molecule is C=CC(=C)/C(=C\CCC(C)C(C(=S)OCC)/C(C=NC(=C)c1ccc(CCCC)cc1C(F)(F)F)=C/C)N=C(C)c1ccccc1F.CC. The summed E-state index contributed by atoms with van der Waals surface area (Å²) in [7, 11) is 0. The molecule has 2 atom stereocenters. The van der Waals surface area contributed by atoms with Gasteiger partial charge >= 0.3 is 6.18 Å². The molecular weight excluding hydrogens is 645 g/mol. The first kappa shape index (κ1) is 43.1. The zero-order valence-corrected chi connectivity index (χ0v) is 30.9. The zero-order valence-electron chi connectivity index (χ0n) is 30.1. The second kappa shape index (κ2) is 21.9. The Labute approximate surface area is 297 Å². The van der Waals surface area contributed by atoms with Crippen molar-refractivity contribution in [2.75, 3.05) is 6.61 Å². The van der Waals surface area contributed by atoms with Crippen LogP contribution in [-0.4, -0.2) is 23.6 Å². The van der Waals surface area contributed by atoms with Crippen molar-refractivity contribution in [1.29, 1.82) is 0 Å². The molecule has 0 aliphatic carbocycles. The largest absolute Gasteiger partial charge is 0.487 e. The molecule has 0 radical (unpaired) electrons. The predicted molar refractivity (Wildman–Crippen MR) is 205 cm³/mol. The highest BCUT2D eigenvalue weighted by molar-refractivity contribution is 7.80. The number of nitrogens with zero attached hydrogens (tertiary/aromatic N) is 2. The summed E-state index contributed by atoms with van der Waals surface area (Å²) in [5.41, 5.74) is 2.63. The van der Waals surface area contributed by atoms with E-state index in [0.29, 0.717) is 64.6 Å². The Kier molecular flexibility index (Phi) is 19.3. The van der Waals surface area contributed by atoms with E-state index in [1.807, 2.05) is 53.7 Å². The minimum Gasteiger partial charge on any atom is -0.487 e. The van der Waals surface area contributed by atoms with Gasteiger partial charge in [-0.05, 0) is 93.4 Å². The fourth-order valence-corrected chi connectivity index (χ4v) is 5.58. The minimum atomic E-state index is -4.55. The van der Waals surface area contributed by atoms with Crippen molar-refractivity contribution < 1.29 is 22.3 Å². The summed E-state index contributed by atoms with van der Waals surface area (Å²) in [6.07, 6.45) is 5.86. The number of alkyl halides is 3. The van der Waals surface area contributed by atoms with Gasteiger partial charge in [0, 0.05) is 23.1 Å². The Morgan fingerprint density at radius 2 is 1.73 bits per heavy atom. The number of allylic oxidation sites excluding steroid dienone is 3. The number of unbranched alkanes of at least 4 members (excludes halogenated alkanes) is 1. The van der Waals surface area contributed by atoms with E-state index >= 15 is 0 Å². The molecule has 2 aromatic rings. The number of aliphatic imine (C=N–C) groups is 2. The first-order chi connectivity index (χ1) is 23.3. The van der Waals surface area contributed by atoms with Crippen molar-refractivity contribution in [2.24, 2.45) is 21.8 Å². The van der Waals surface area contributed by atoms with E-state index in [9.17, 15) is 17.6 Å². The molecule has 0 heterocycles. The van der Waals surface area contributed by atoms with Crippen molar-refractivity contribution in [2.45, 2.75) is 86.7 Å². The lowest BCUT2D eigenvalue weighted by molar-refractivity contribution is -0.137. The van der Waals surface area contributed by atoms with Crippen LogP contribution in [0.15, 0.2) is 107 Å². The molecule has 2 aromatic carbocycles. The molecule has 0 bridgehead atoms. The molecule has 0 saturated carbocycles. The second-order valence-corrected chi connectivity index (χ2v) is 11.7. The van der Waals surface area contributed by atoms with Gasteiger partial charge in [0.05, 0.1) is 29.5 Å². The fourth-order valence-electron chi connectivity index (χ4n) is 5.10. The standard InChI is InChI=1S/C39H46F4N2OS.C2H6/c1-9-13-18-30-22-23-32(34(24-30)39(41,42)43)28(7)44-25-31(11-3)37(38(47)46-12-4)27(6)17-16-21-36(26(5)10-2)45-29(8)33-19-14-15-20-35(33)40;1-2/h10-11,14-15,19-25,27,37H,2,5,7,9,12-13,16-18H2,1,3-4,6,8H3;1-2H3/b31-11+,36-21+,44-25?,45-29?;. The Morgan fingerprint density at radius 1 is 1.06 bits per heavy atom. The van der Waals surface area contributed by atoms with Crippen LogP contribution in [0.5, 0.6) is 0 Å². The highest BCUT2D eigenvalue weighted by Crippen LogP contribution is 2.36. The maximum Gasteiger partial charge on any atom is 0.417 e. The van der Waals surface area contributed by atoms with Crippen molar-refractivity contribution >= 4 is 34.9 Å². The molecule has 2 unspecified atom stereocenters. The number of hydrogen-bond acceptors (Lipinski definition) is 4. The third-order valence-corrected chi connectivity index (χ3v) is 8.15. The summed E-state index contributed by atoms with van der Waals surface area (Å²) in [4.78, 5) is 9.05. The molecule has 0 fully saturated rings. The molecule has 0 aliphatic rings. The van der Waals surface area contributed by atoms with E-state index in [-0.39, 0.29) is 28.9 Å². The van der Waals surface area contributed by atoms with Crippen LogP contribution in [0, 0.1) is 17.7 Å². The van der Waals surface area contributed by atoms with E-state index in [2.05, 4.69) is 29.7 Å². The van der Waals surface area contributed by atoms with Crippen LogP contribution in [0.4, 0.5) is 17.6 Å². The first-order valence-electron chi connectivity index (χ1n) is 16.9. The highest BCUT2D eigenvalue weighted by atomic mass is 32.1. The Bertz CT molecular complexity index is 1550. The monoisotopic (exact) mass is 696 g/mol. The Hall–Kier alpha value is -3.91. The number of hydrogen-bond donors (Lipinski definition) is 0. The van der Waals surface area contributed by atoms with Crippen LogP contribution in [0.25, 0.3) is 5.70 Å². The van der Waals surface area contributed by atoms with E-state index in [1.165, 1.54) is 24.4 Å². The van der Waals surface area contributed by atoms with Gasteiger partial charge in [0.1, 0.15) is 5.82 Å². The topological polar surface area (TPSA) is 34.0 Å². The second-order valence-electron chi connectivity index (χ2n) is 11.3. The molecule has 0 amide bonds. The van der Waals surface area contributed by atoms with Crippen molar-refractivity contribution in [1.82, 2.24) is 0 Å². The maximum atomic E-state index is 14.4. The van der Waals surface area contributed by atoms with Crippen LogP contribution < -0.4 is 0 Å². The van der Waals surface area contributed by atoms with Gasteiger partial charge in [-0.3, -0.25) is 9.98 Å². The summed E-state index contributed by atoms with van der Waals surface area (Å²) in [5, 5.41) is 0.370. The molecule has 3 nitrogen and oxygen atoms in total. The quantitative estimate of drug-likeness (QED) is 0.0714. The third-order valence-electron chi connectivity index (χ3n) is 7.78. The van der Waals surface area contributed by atoms with Gasteiger partial charge in [-0.25, -0.2) is 4.39 Å². The molecule has 49 heavy (non-hydrogen) atoms. The average Bonchev–Trinajstić information content (AvgIpc) is 3.08. The predicted octanol–water partition coefficient (Wildman–Crippen LogP) is 12.7. The van der Waals surface area contributed by atoms with Gasteiger partial charge < -0.3 is 4.74 Å². The third kappa shape index (κ3) is 13.5. The van der Waals surface area contributed by atoms with Crippen molar-refractivity contribution in [3.63, 3.8) is 0 Å². The number of ether oxygens (including phenoxy) is 1. The molecule has 0 spiro atoms. The fraction of sp³-hybridized carbons (Fsp3) is 0.390. The van der Waals surface area contributed by atoms with E-state index in [0.717, 1.165) is 12.8 Å². The van der Waals surface area contributed by atoms with Crippen molar-refractivity contribution in [3.8, 4) is 0 Å². The molecule has 2 rings (SSSR count). The lowest BCUT2D eigenvalue weighted by Gasteiger charge is -2.25.